The number of methoxy groups -OCH3 is 1. The molecular formula is C16H14N2O2. The van der Waals surface area contributed by atoms with Gasteiger partial charge in [0.2, 0.25) is 0 Å². The number of fused-ring (bicyclic) bond motifs is 1. The molecule has 1 amide bonds. The summed E-state index contributed by atoms with van der Waals surface area (Å²) in [5.41, 5.74) is 2.24. The maximum Gasteiger partial charge on any atom is 0.256 e. The molecule has 0 aliphatic heterocycles. The molecule has 2 aromatic carbocycles. The fourth-order valence-corrected chi connectivity index (χ4v) is 2.22. The molecule has 4 heteroatoms. The zero-order valence-corrected chi connectivity index (χ0v) is 11.0. The predicted molar refractivity (Wildman–Crippen MR) is 79.2 cm³/mol. The quantitative estimate of drug-likeness (QED) is 0.763. The van der Waals surface area contributed by atoms with Crippen LogP contribution in [0.4, 0.5) is 5.69 Å². The molecule has 20 heavy (non-hydrogen) atoms. The van der Waals surface area contributed by atoms with Crippen LogP contribution in [0.3, 0.4) is 0 Å². The summed E-state index contributed by atoms with van der Waals surface area (Å²) < 4.78 is 5.23. The molecular weight excluding hydrogens is 252 g/mol. The third-order valence-electron chi connectivity index (χ3n) is 3.19. The zero-order chi connectivity index (χ0) is 13.9. The summed E-state index contributed by atoms with van der Waals surface area (Å²) >= 11 is 0. The van der Waals surface area contributed by atoms with E-state index in [2.05, 4.69) is 10.3 Å². The highest BCUT2D eigenvalue weighted by atomic mass is 16.5. The Kier molecular flexibility index (Phi) is 3.13. The van der Waals surface area contributed by atoms with Crippen molar-refractivity contribution in [2.75, 3.05) is 12.4 Å². The number of benzene rings is 2. The highest BCUT2D eigenvalue weighted by Crippen LogP contribution is 2.25. The number of carbonyl (C=O) groups is 1. The minimum absolute atomic E-state index is 0.153. The number of rotatable bonds is 3. The van der Waals surface area contributed by atoms with Gasteiger partial charge in [-0.1, -0.05) is 18.2 Å². The van der Waals surface area contributed by atoms with Crippen molar-refractivity contribution >= 4 is 22.5 Å². The summed E-state index contributed by atoms with van der Waals surface area (Å²) in [6.45, 7) is 0. The highest BCUT2D eigenvalue weighted by molar-refractivity contribution is 6.12. The van der Waals surface area contributed by atoms with Crippen LogP contribution < -0.4 is 10.1 Å². The average Bonchev–Trinajstić information content (AvgIpc) is 2.96. The van der Waals surface area contributed by atoms with E-state index in [0.717, 1.165) is 10.9 Å². The molecule has 0 aliphatic carbocycles. The number of hydrogen-bond acceptors (Lipinski definition) is 2. The van der Waals surface area contributed by atoms with Crippen LogP contribution in [0, 0.1) is 0 Å². The van der Waals surface area contributed by atoms with Crippen LogP contribution in [0.2, 0.25) is 0 Å². The van der Waals surface area contributed by atoms with Crippen molar-refractivity contribution in [2.24, 2.45) is 0 Å². The molecule has 0 spiro atoms. The molecule has 0 saturated carbocycles. The number of anilines is 1. The Bertz CT molecular complexity index is 762. The number of amides is 1. The van der Waals surface area contributed by atoms with Gasteiger partial charge in [-0.25, -0.2) is 0 Å². The number of hydrogen-bond donors (Lipinski definition) is 2. The number of H-pyrrole nitrogens is 1. The number of para-hydroxylation sites is 2. The lowest BCUT2D eigenvalue weighted by Crippen LogP contribution is -2.12. The first-order chi connectivity index (χ1) is 9.79. The maximum absolute atomic E-state index is 12.4. The Hall–Kier alpha value is -2.75. The molecule has 4 nitrogen and oxygen atoms in total. The van der Waals surface area contributed by atoms with Crippen LogP contribution >= 0.6 is 0 Å². The van der Waals surface area contributed by atoms with Crippen LogP contribution in [0.1, 0.15) is 10.4 Å². The summed E-state index contributed by atoms with van der Waals surface area (Å²) in [5, 5.41) is 3.78. The van der Waals surface area contributed by atoms with Gasteiger partial charge in [0.15, 0.2) is 0 Å². The van der Waals surface area contributed by atoms with Crippen molar-refractivity contribution < 1.29 is 9.53 Å². The van der Waals surface area contributed by atoms with Crippen LogP contribution in [0.25, 0.3) is 10.9 Å². The molecule has 0 atom stereocenters. The van der Waals surface area contributed by atoms with Crippen molar-refractivity contribution in [2.45, 2.75) is 0 Å². The number of aromatic amines is 1. The second-order valence-corrected chi connectivity index (χ2v) is 4.40. The third kappa shape index (κ3) is 2.12. The fraction of sp³-hybridized carbons (Fsp3) is 0.0625. The van der Waals surface area contributed by atoms with E-state index in [1.807, 2.05) is 48.7 Å². The van der Waals surface area contributed by atoms with Crippen LogP contribution in [0.15, 0.2) is 54.7 Å². The van der Waals surface area contributed by atoms with Crippen molar-refractivity contribution in [1.29, 1.82) is 0 Å². The van der Waals surface area contributed by atoms with E-state index in [0.29, 0.717) is 17.0 Å². The highest BCUT2D eigenvalue weighted by Gasteiger charge is 2.12. The van der Waals surface area contributed by atoms with Gasteiger partial charge in [0.25, 0.3) is 5.91 Å². The van der Waals surface area contributed by atoms with Gasteiger partial charge in [-0.15, -0.1) is 0 Å². The lowest BCUT2D eigenvalue weighted by Gasteiger charge is -2.10. The molecule has 0 aliphatic rings. The summed E-state index contributed by atoms with van der Waals surface area (Å²) in [7, 11) is 1.58. The Balaban J connectivity index is 1.95. The topological polar surface area (TPSA) is 54.1 Å². The van der Waals surface area contributed by atoms with E-state index in [1.54, 1.807) is 13.2 Å². The van der Waals surface area contributed by atoms with Crippen LogP contribution in [0.5, 0.6) is 5.75 Å². The molecule has 1 heterocycles. The van der Waals surface area contributed by atoms with Gasteiger partial charge < -0.3 is 15.0 Å². The molecule has 100 valence electrons. The van der Waals surface area contributed by atoms with Crippen molar-refractivity contribution in [3.63, 3.8) is 0 Å². The van der Waals surface area contributed by atoms with Gasteiger partial charge in [-0.2, -0.15) is 0 Å². The monoisotopic (exact) mass is 266 g/mol. The Morgan fingerprint density at radius 1 is 1.10 bits per heavy atom. The molecule has 0 radical (unpaired) electrons. The SMILES string of the molecule is COc1ccccc1NC(=O)c1cccc2[nH]ccc12. The molecule has 3 rings (SSSR count). The van der Waals surface area contributed by atoms with Crippen LogP contribution in [-0.2, 0) is 0 Å². The molecule has 0 unspecified atom stereocenters. The van der Waals surface area contributed by atoms with E-state index >= 15 is 0 Å². The molecule has 0 bridgehead atoms. The second kappa shape index (κ2) is 5.09. The summed E-state index contributed by atoms with van der Waals surface area (Å²) in [6, 6.07) is 14.8. The first kappa shape index (κ1) is 12.3. The first-order valence-electron chi connectivity index (χ1n) is 6.30. The van der Waals surface area contributed by atoms with Gasteiger partial charge in [0.05, 0.1) is 12.8 Å². The maximum atomic E-state index is 12.4. The Labute approximate surface area is 116 Å². The predicted octanol–water partition coefficient (Wildman–Crippen LogP) is 3.43. The first-order valence-corrected chi connectivity index (χ1v) is 6.30. The lowest BCUT2D eigenvalue weighted by atomic mass is 10.1. The average molecular weight is 266 g/mol. The van der Waals surface area contributed by atoms with Crippen molar-refractivity contribution in [3.8, 4) is 5.75 Å². The number of aromatic nitrogens is 1. The second-order valence-electron chi connectivity index (χ2n) is 4.40. The Morgan fingerprint density at radius 3 is 2.80 bits per heavy atom. The van der Waals surface area contributed by atoms with Gasteiger partial charge in [0.1, 0.15) is 5.75 Å². The zero-order valence-electron chi connectivity index (χ0n) is 11.0. The smallest absolute Gasteiger partial charge is 0.256 e. The van der Waals surface area contributed by atoms with E-state index in [9.17, 15) is 4.79 Å². The van der Waals surface area contributed by atoms with E-state index < -0.39 is 0 Å². The van der Waals surface area contributed by atoms with E-state index in [1.165, 1.54) is 0 Å². The number of carbonyl (C=O) groups excluding carboxylic acids is 1. The summed E-state index contributed by atoms with van der Waals surface area (Å²) in [6.07, 6.45) is 1.82. The van der Waals surface area contributed by atoms with E-state index in [-0.39, 0.29) is 5.91 Å². The normalized spacial score (nSPS) is 10.4. The van der Waals surface area contributed by atoms with Gasteiger partial charge in [-0.3, -0.25) is 4.79 Å². The third-order valence-corrected chi connectivity index (χ3v) is 3.19. The Morgan fingerprint density at radius 2 is 1.95 bits per heavy atom. The standard InChI is InChI=1S/C16H14N2O2/c1-20-15-8-3-2-6-14(15)18-16(19)12-5-4-7-13-11(12)9-10-17-13/h2-10,17H,1H3,(H,18,19). The van der Waals surface area contributed by atoms with Gasteiger partial charge in [0, 0.05) is 22.7 Å². The summed E-state index contributed by atoms with van der Waals surface area (Å²) in [5.74, 6) is 0.488. The lowest BCUT2D eigenvalue weighted by molar-refractivity contribution is 0.102. The van der Waals surface area contributed by atoms with Crippen molar-refractivity contribution in [1.82, 2.24) is 4.98 Å². The van der Waals surface area contributed by atoms with Crippen LogP contribution in [-0.4, -0.2) is 18.0 Å². The molecule has 0 fully saturated rings. The summed E-state index contributed by atoms with van der Waals surface area (Å²) in [4.78, 5) is 15.5. The van der Waals surface area contributed by atoms with Gasteiger partial charge >= 0.3 is 0 Å². The van der Waals surface area contributed by atoms with Crippen molar-refractivity contribution in [3.05, 3.63) is 60.3 Å². The van der Waals surface area contributed by atoms with Gasteiger partial charge in [-0.05, 0) is 30.3 Å². The fourth-order valence-electron chi connectivity index (χ4n) is 2.22. The number of ether oxygens (including phenoxy) is 1. The molecule has 0 saturated heterocycles. The molecule has 2 N–H and O–H groups in total. The molecule has 1 aromatic heterocycles. The minimum Gasteiger partial charge on any atom is -0.495 e. The molecule has 3 aromatic rings. The number of nitrogens with one attached hydrogen (secondary N) is 2. The minimum atomic E-state index is -0.153. The van der Waals surface area contributed by atoms with E-state index in [4.69, 9.17) is 4.74 Å². The largest absolute Gasteiger partial charge is 0.495 e.